The van der Waals surface area contributed by atoms with Crippen molar-refractivity contribution in [1.29, 1.82) is 0 Å². The maximum atomic E-state index is 12.9. The van der Waals surface area contributed by atoms with Crippen molar-refractivity contribution < 1.29 is 66.9 Å². The van der Waals surface area contributed by atoms with E-state index in [2.05, 4.69) is 21.3 Å². The van der Waals surface area contributed by atoms with E-state index in [0.29, 0.717) is 104 Å². The summed E-state index contributed by atoms with van der Waals surface area (Å²) in [6.07, 6.45) is -2.19. The number of carbonyl (C=O) groups excluding carboxylic acids is 4. The second-order valence-corrected chi connectivity index (χ2v) is 14.5. The monoisotopic (exact) mass is 896 g/mol. The minimum atomic E-state index is -1.44. The number of anilines is 1. The van der Waals surface area contributed by atoms with Gasteiger partial charge in [-0.05, 0) is 53.8 Å². The number of benzene rings is 3. The van der Waals surface area contributed by atoms with Gasteiger partial charge in [-0.2, -0.15) is 0 Å². The van der Waals surface area contributed by atoms with Gasteiger partial charge in [0.05, 0.1) is 99.1 Å². The lowest BCUT2D eigenvalue weighted by Crippen LogP contribution is -2.50. The van der Waals surface area contributed by atoms with Crippen molar-refractivity contribution in [3.8, 4) is 11.1 Å². The smallest absolute Gasteiger partial charge is 0.407 e. The molecular formula is C46H64N4O14. The molecule has 0 saturated heterocycles. The molecule has 0 bridgehead atoms. The fourth-order valence-corrected chi connectivity index (χ4v) is 6.34. The van der Waals surface area contributed by atoms with Gasteiger partial charge < -0.3 is 69.0 Å². The number of aliphatic hydroxyl groups excluding tert-OH is 1. The average molecular weight is 897 g/mol. The highest BCUT2D eigenvalue weighted by Crippen LogP contribution is 2.44. The van der Waals surface area contributed by atoms with E-state index in [1.165, 1.54) is 38.1 Å². The first kappa shape index (κ1) is 51.6. The van der Waals surface area contributed by atoms with Gasteiger partial charge in [-0.25, -0.2) is 4.79 Å². The van der Waals surface area contributed by atoms with E-state index in [0.717, 1.165) is 22.3 Å². The molecule has 0 saturated carbocycles. The number of methoxy groups -OCH3 is 1. The van der Waals surface area contributed by atoms with Crippen LogP contribution in [0.25, 0.3) is 11.1 Å². The number of fused-ring (bicyclic) bond motifs is 3. The number of hydrogen-bond acceptors (Lipinski definition) is 14. The molecule has 1 aliphatic rings. The minimum absolute atomic E-state index is 0.0980. The molecule has 0 radical (unpaired) electrons. The highest BCUT2D eigenvalue weighted by atomic mass is 16.6. The van der Waals surface area contributed by atoms with E-state index in [9.17, 15) is 24.3 Å². The Morgan fingerprint density at radius 1 is 0.547 bits per heavy atom. The molecule has 5 N–H and O–H groups in total. The first-order valence-electron chi connectivity index (χ1n) is 21.5. The topological polar surface area (TPSA) is 220 Å². The van der Waals surface area contributed by atoms with Gasteiger partial charge >= 0.3 is 6.09 Å². The molecule has 352 valence electrons. The lowest BCUT2D eigenvalue weighted by atomic mass is 9.98. The normalized spacial score (nSPS) is 13.3. The van der Waals surface area contributed by atoms with Crippen LogP contribution in [-0.2, 0) is 57.0 Å². The highest BCUT2D eigenvalue weighted by Gasteiger charge is 2.30. The molecule has 4 amide bonds. The third kappa shape index (κ3) is 18.6. The molecule has 3 aromatic rings. The first-order chi connectivity index (χ1) is 31.2. The highest BCUT2D eigenvalue weighted by molar-refractivity contribution is 5.98. The van der Waals surface area contributed by atoms with E-state index in [4.69, 9.17) is 42.6 Å². The summed E-state index contributed by atoms with van der Waals surface area (Å²) >= 11 is 0. The Hall–Kier alpha value is -5.02. The Kier molecular flexibility index (Phi) is 24.3. The lowest BCUT2D eigenvalue weighted by molar-refractivity contribution is -0.130. The molecule has 1 aliphatic carbocycles. The molecule has 0 fully saturated rings. The molecule has 1 unspecified atom stereocenters. The second kappa shape index (κ2) is 30.2. The van der Waals surface area contributed by atoms with E-state index >= 15 is 0 Å². The standard InChI is InChI=1S/C46H64N4O14/c1-33(48-43(52)34(2)49-46(55)64-32-41-39-10-6-4-8-37(39)38-9-5-7-11-40(38)41)44(53)50-36-14-12-35(13-15-36)42(51)45(54)47-16-17-57-20-21-59-24-25-61-28-29-63-31-30-62-27-26-60-23-22-58-19-18-56-3/h4-15,33-34,41-42,51H,16-32H2,1-3H3,(H,47,54)(H,48,52)(H,49,55)(H,50,53)/t33-,34-,42?/m0/s1. The summed E-state index contributed by atoms with van der Waals surface area (Å²) in [7, 11) is 1.63. The van der Waals surface area contributed by atoms with Crippen molar-refractivity contribution in [3.05, 3.63) is 89.5 Å². The van der Waals surface area contributed by atoms with Crippen LogP contribution in [0.2, 0.25) is 0 Å². The Morgan fingerprint density at radius 3 is 1.47 bits per heavy atom. The molecule has 3 aromatic carbocycles. The number of rotatable bonds is 33. The zero-order valence-electron chi connectivity index (χ0n) is 37.0. The number of hydrogen-bond donors (Lipinski definition) is 5. The summed E-state index contributed by atoms with van der Waals surface area (Å²) in [5.41, 5.74) is 5.05. The van der Waals surface area contributed by atoms with Crippen molar-refractivity contribution in [2.24, 2.45) is 0 Å². The van der Waals surface area contributed by atoms with Crippen LogP contribution in [0.4, 0.5) is 10.5 Å². The van der Waals surface area contributed by atoms with E-state index < -0.39 is 42.0 Å². The number of alkyl carbamates (subject to hydrolysis) is 1. The molecule has 3 atom stereocenters. The predicted molar refractivity (Wildman–Crippen MR) is 236 cm³/mol. The first-order valence-corrected chi connectivity index (χ1v) is 21.5. The van der Waals surface area contributed by atoms with Crippen molar-refractivity contribution in [3.63, 3.8) is 0 Å². The summed E-state index contributed by atoms with van der Waals surface area (Å²) in [5.74, 6) is -1.82. The number of aliphatic hydroxyl groups is 1. The van der Waals surface area contributed by atoms with Gasteiger partial charge in [0.1, 0.15) is 18.7 Å². The van der Waals surface area contributed by atoms with Gasteiger partial charge in [-0.1, -0.05) is 60.7 Å². The van der Waals surface area contributed by atoms with Crippen LogP contribution in [0.5, 0.6) is 0 Å². The Balaban J connectivity index is 0.969. The number of carbonyl (C=O) groups is 4. The van der Waals surface area contributed by atoms with Gasteiger partial charge in [-0.3, -0.25) is 14.4 Å². The molecule has 18 heteroatoms. The van der Waals surface area contributed by atoms with E-state index in [1.54, 1.807) is 7.11 Å². The molecule has 18 nitrogen and oxygen atoms in total. The molecule has 0 spiro atoms. The largest absolute Gasteiger partial charge is 0.449 e. The third-order valence-electron chi connectivity index (χ3n) is 9.78. The van der Waals surface area contributed by atoms with Crippen LogP contribution < -0.4 is 21.3 Å². The maximum absolute atomic E-state index is 12.9. The van der Waals surface area contributed by atoms with Crippen LogP contribution in [0, 0.1) is 0 Å². The van der Waals surface area contributed by atoms with Gasteiger partial charge in [-0.15, -0.1) is 0 Å². The fraction of sp³-hybridized carbons (Fsp3) is 0.522. The Labute approximate surface area is 374 Å². The van der Waals surface area contributed by atoms with Crippen molar-refractivity contribution in [2.45, 2.75) is 38.0 Å². The zero-order valence-corrected chi connectivity index (χ0v) is 37.0. The van der Waals surface area contributed by atoms with Crippen molar-refractivity contribution in [2.75, 3.05) is 125 Å². The van der Waals surface area contributed by atoms with E-state index in [1.807, 2.05) is 48.5 Å². The van der Waals surface area contributed by atoms with Crippen LogP contribution in [0.3, 0.4) is 0 Å². The predicted octanol–water partition coefficient (Wildman–Crippen LogP) is 2.97. The second-order valence-electron chi connectivity index (χ2n) is 14.5. The van der Waals surface area contributed by atoms with Crippen LogP contribution >= 0.6 is 0 Å². The number of nitrogens with one attached hydrogen (secondary N) is 4. The van der Waals surface area contributed by atoms with Crippen LogP contribution in [-0.4, -0.2) is 160 Å². The third-order valence-corrected chi connectivity index (χ3v) is 9.78. The summed E-state index contributed by atoms with van der Waals surface area (Å²) in [4.78, 5) is 50.8. The van der Waals surface area contributed by atoms with E-state index in [-0.39, 0.29) is 25.7 Å². The van der Waals surface area contributed by atoms with Crippen LogP contribution in [0.1, 0.15) is 42.6 Å². The van der Waals surface area contributed by atoms with Gasteiger partial charge in [0.25, 0.3) is 5.91 Å². The molecule has 0 aromatic heterocycles. The summed E-state index contributed by atoms with van der Waals surface area (Å²) in [6, 6.07) is 20.1. The molecule has 0 aliphatic heterocycles. The van der Waals surface area contributed by atoms with Gasteiger partial charge in [0.15, 0.2) is 6.10 Å². The van der Waals surface area contributed by atoms with Crippen molar-refractivity contribution in [1.82, 2.24) is 16.0 Å². The average Bonchev–Trinajstić information content (AvgIpc) is 3.62. The molecule has 4 rings (SSSR count). The number of amides is 4. The van der Waals surface area contributed by atoms with Crippen molar-refractivity contribution >= 4 is 29.5 Å². The quantitative estimate of drug-likeness (QED) is 0.0556. The minimum Gasteiger partial charge on any atom is -0.449 e. The number of ether oxygens (including phenoxy) is 9. The lowest BCUT2D eigenvalue weighted by Gasteiger charge is -2.19. The van der Waals surface area contributed by atoms with Gasteiger partial charge in [0.2, 0.25) is 11.8 Å². The molecular weight excluding hydrogens is 833 g/mol. The summed E-state index contributed by atoms with van der Waals surface area (Å²) in [6.45, 7) is 9.96. The van der Waals surface area contributed by atoms with Crippen LogP contribution in [0.15, 0.2) is 72.8 Å². The summed E-state index contributed by atoms with van der Waals surface area (Å²) < 4.78 is 48.5. The molecule has 64 heavy (non-hydrogen) atoms. The zero-order chi connectivity index (χ0) is 45.8. The summed E-state index contributed by atoms with van der Waals surface area (Å²) in [5, 5.41) is 21.0. The SMILES string of the molecule is COCCOCCOCCOCCOCCOCCOCCOCCNC(=O)C(O)c1ccc(NC(=O)[C@H](C)NC(=O)[C@H](C)NC(=O)OCC2c3ccccc3-c3ccccc32)cc1. The maximum Gasteiger partial charge on any atom is 0.407 e. The van der Waals surface area contributed by atoms with Gasteiger partial charge in [0, 0.05) is 25.3 Å². The fourth-order valence-electron chi connectivity index (χ4n) is 6.34. The Morgan fingerprint density at radius 2 is 0.984 bits per heavy atom. The molecule has 0 heterocycles. The Bertz CT molecular complexity index is 1790.